The molecule has 116 heavy (non-hydrogen) atoms. The Morgan fingerprint density at radius 3 is 1.21 bits per heavy atom. The van der Waals surface area contributed by atoms with E-state index >= 15 is 0 Å². The fourth-order valence-corrected chi connectivity index (χ4v) is 14.5. The van der Waals surface area contributed by atoms with Crippen LogP contribution in [-0.2, 0) is 51.4 Å². The van der Waals surface area contributed by atoms with Gasteiger partial charge in [-0.1, -0.05) is 412 Å². The second-order valence-electron chi connectivity index (χ2n) is 36.0. The van der Waals surface area contributed by atoms with E-state index in [1.54, 1.807) is 18.5 Å². The molecule has 2 heterocycles. The summed E-state index contributed by atoms with van der Waals surface area (Å²) in [4.78, 5) is 10.3. The maximum absolute atomic E-state index is 9.03. The summed E-state index contributed by atoms with van der Waals surface area (Å²) in [5.41, 5.74) is 17.6. The third kappa shape index (κ3) is 39.9. The zero-order valence-electron chi connectivity index (χ0n) is 74.9. The molecule has 2 aromatic heterocycles. The predicted molar refractivity (Wildman–Crippen MR) is 511 cm³/mol. The van der Waals surface area contributed by atoms with Gasteiger partial charge in [-0.05, 0) is 237 Å². The molecule has 0 aliphatic heterocycles. The second kappa shape index (κ2) is 54.4. The van der Waals surface area contributed by atoms with Crippen molar-refractivity contribution in [3.63, 3.8) is 0 Å². The lowest BCUT2D eigenvalue weighted by molar-refractivity contribution is 0.305. The van der Waals surface area contributed by atoms with Gasteiger partial charge in [0.2, 0.25) is 0 Å². The minimum Gasteiger partial charge on any atom is -0.508 e. The van der Waals surface area contributed by atoms with Gasteiger partial charge in [-0.25, -0.2) is 4.98 Å². The number of nitrogens with zero attached hydrogens (tertiary/aromatic N) is 1. The van der Waals surface area contributed by atoms with Crippen molar-refractivity contribution in [3.05, 3.63) is 336 Å². The number of imidazole rings is 1. The zero-order chi connectivity index (χ0) is 83.8. The Bertz CT molecular complexity index is 4580. The van der Waals surface area contributed by atoms with Crippen LogP contribution in [0.3, 0.4) is 0 Å². The highest BCUT2D eigenvalue weighted by Crippen LogP contribution is 2.30. The Balaban J connectivity index is 0.000000204. The largest absolute Gasteiger partial charge is 0.508 e. The molecule has 0 unspecified atom stereocenters. The molecule has 13 aromatic rings. The number of aromatic hydroxyl groups is 1. The lowest BCUT2D eigenvalue weighted by Crippen LogP contribution is -2.08. The average molecular weight is 1550 g/mol. The van der Waals surface area contributed by atoms with Gasteiger partial charge in [0.15, 0.2) is 0 Å². The first-order valence-electron chi connectivity index (χ1n) is 44.4. The maximum atomic E-state index is 9.03. The summed E-state index contributed by atoms with van der Waals surface area (Å²) < 4.78 is 0. The Hall–Kier alpha value is -9.51. The van der Waals surface area contributed by atoms with E-state index in [2.05, 4.69) is 394 Å². The highest BCUT2D eigenvalue weighted by Gasteiger charge is 2.14. The standard InChI is InChI=1S/C17H20.C16H18.2C14H16.C12H15N.C11H16O.C11H16.C10H20.C7H12N2/c1-14(2)8-9-15-10-12-17(13-11-15)16-6-4-3-5-7-16;1-13(2)12-14-8-10-16(11-9-14)15-6-4-3-5-7-15;1-11(2)10-13-8-5-7-12-6-3-4-9-14(12)13;1-11(2)9-12-7-8-13-5-3-4-6-14(13)10-12;1-9(2)7-10-8-13-12-6-4-3-5-11(10)12;1-9(2)3-4-10-5-7-11(12)8-6-10;1-10(2)8-9-11-6-4-3-5-7-11;1-9(2)8-10-6-4-3-5-7-10;1-6(2)3-7-4-8-5-9-7/h3-7,10-14H,8-9H2,1-2H3;3-11,13H,12H2,1-2H3;3-9,11H,10H2,1-2H3;3-8,10-11H,9H2,1-2H3;3-6,8-9,13H,7H2,1-2H3;5-9,12H,3-4H2,1-2H3;3-7,10H,8-9H2,1-2H3;9-10H,3-8H2,1-2H3;4-6H,3H2,1-2H3,(H,8,9). The lowest BCUT2D eigenvalue weighted by atomic mass is 9.84. The molecule has 0 spiro atoms. The van der Waals surface area contributed by atoms with Crippen LogP contribution < -0.4 is 0 Å². The monoisotopic (exact) mass is 1550 g/mol. The number of H-pyrrole nitrogens is 2. The number of benzene rings is 11. The predicted octanol–water partition coefficient (Wildman–Crippen LogP) is 32.4. The molecule has 4 nitrogen and oxygen atoms in total. The van der Waals surface area contributed by atoms with Gasteiger partial charge >= 0.3 is 0 Å². The summed E-state index contributed by atoms with van der Waals surface area (Å²) in [5.74, 6) is 8.31. The summed E-state index contributed by atoms with van der Waals surface area (Å²) in [7, 11) is 0. The number of hydrogen-bond donors (Lipinski definition) is 3. The number of nitrogens with one attached hydrogen (secondary N) is 2. The molecule has 0 radical (unpaired) electrons. The first kappa shape index (κ1) is 95.3. The van der Waals surface area contributed by atoms with Gasteiger partial charge in [-0.2, -0.15) is 0 Å². The molecule has 0 saturated heterocycles. The average Bonchev–Trinajstić information content (AvgIpc) is 1.41. The fourth-order valence-electron chi connectivity index (χ4n) is 14.5. The number of phenolic OH excluding ortho intramolecular Hbond substituents is 1. The number of para-hydroxylation sites is 1. The van der Waals surface area contributed by atoms with Crippen molar-refractivity contribution >= 4 is 32.4 Å². The summed E-state index contributed by atoms with van der Waals surface area (Å²) in [5, 5.41) is 15.9. The van der Waals surface area contributed by atoms with Gasteiger partial charge < -0.3 is 15.1 Å². The number of phenols is 1. The normalized spacial score (nSPS) is 11.8. The summed E-state index contributed by atoms with van der Waals surface area (Å²) >= 11 is 0. The van der Waals surface area contributed by atoms with Crippen LogP contribution in [-0.4, -0.2) is 20.1 Å². The highest BCUT2D eigenvalue weighted by molar-refractivity contribution is 5.86. The number of aromatic nitrogens is 3. The minimum absolute atomic E-state index is 0.350. The molecule has 1 aliphatic carbocycles. The summed E-state index contributed by atoms with van der Waals surface area (Å²) in [6.45, 7) is 40.7. The van der Waals surface area contributed by atoms with E-state index in [1.807, 2.05) is 18.3 Å². The van der Waals surface area contributed by atoms with Crippen molar-refractivity contribution < 1.29 is 5.11 Å². The molecule has 14 rings (SSSR count). The Morgan fingerprint density at radius 1 is 0.310 bits per heavy atom. The van der Waals surface area contributed by atoms with Gasteiger partial charge in [0.05, 0.1) is 6.33 Å². The fraction of sp³-hybridized carbons (Fsp3) is 0.402. The van der Waals surface area contributed by atoms with Crippen molar-refractivity contribution in [1.82, 2.24) is 15.0 Å². The third-order valence-corrected chi connectivity index (χ3v) is 20.6. The molecule has 1 aliphatic rings. The van der Waals surface area contributed by atoms with E-state index in [0.29, 0.717) is 11.7 Å². The molecule has 11 aromatic carbocycles. The van der Waals surface area contributed by atoms with E-state index in [-0.39, 0.29) is 0 Å². The van der Waals surface area contributed by atoms with Crippen LogP contribution in [0.1, 0.15) is 227 Å². The molecule has 0 atom stereocenters. The van der Waals surface area contributed by atoms with Crippen LogP contribution in [0, 0.1) is 59.2 Å². The molecule has 0 amide bonds. The molecular formula is C112H149N3O. The second-order valence-corrected chi connectivity index (χ2v) is 36.0. The van der Waals surface area contributed by atoms with Crippen LogP contribution in [0.15, 0.2) is 292 Å². The van der Waals surface area contributed by atoms with Gasteiger partial charge in [0, 0.05) is 29.0 Å². The minimum atomic E-state index is 0.350. The molecule has 3 N–H and O–H groups in total. The van der Waals surface area contributed by atoms with Gasteiger partial charge in [0.25, 0.3) is 0 Å². The van der Waals surface area contributed by atoms with E-state index in [0.717, 1.165) is 78.9 Å². The van der Waals surface area contributed by atoms with E-state index in [1.165, 1.54) is 183 Å². The topological polar surface area (TPSA) is 64.7 Å². The molecule has 618 valence electrons. The Kier molecular flexibility index (Phi) is 44.7. The van der Waals surface area contributed by atoms with Crippen molar-refractivity contribution in [1.29, 1.82) is 0 Å². The lowest BCUT2D eigenvalue weighted by Gasteiger charge is -2.22. The first-order chi connectivity index (χ1) is 55.8. The number of fused-ring (bicyclic) bond motifs is 3. The molecule has 0 bridgehead atoms. The van der Waals surface area contributed by atoms with Gasteiger partial charge in [-0.15, -0.1) is 0 Å². The van der Waals surface area contributed by atoms with Crippen molar-refractivity contribution in [2.24, 2.45) is 59.2 Å². The van der Waals surface area contributed by atoms with Crippen LogP contribution in [0.4, 0.5) is 0 Å². The van der Waals surface area contributed by atoms with Crippen molar-refractivity contribution in [2.75, 3.05) is 0 Å². The first-order valence-corrected chi connectivity index (χ1v) is 44.4. The smallest absolute Gasteiger partial charge is 0.115 e. The van der Waals surface area contributed by atoms with E-state index < -0.39 is 0 Å². The number of aromatic amines is 2. The molecular weight excluding hydrogens is 1400 g/mol. The molecule has 1 saturated carbocycles. The Morgan fingerprint density at radius 2 is 0.716 bits per heavy atom. The number of rotatable bonds is 23. The van der Waals surface area contributed by atoms with Crippen LogP contribution in [0.5, 0.6) is 5.75 Å². The van der Waals surface area contributed by atoms with Crippen molar-refractivity contribution in [3.8, 4) is 28.0 Å². The van der Waals surface area contributed by atoms with Crippen LogP contribution in [0.2, 0.25) is 0 Å². The molecule has 1 fully saturated rings. The number of hydrogen-bond acceptors (Lipinski definition) is 2. The van der Waals surface area contributed by atoms with Gasteiger partial charge in [0.1, 0.15) is 5.75 Å². The highest BCUT2D eigenvalue weighted by atomic mass is 16.3. The Labute approximate surface area is 705 Å². The maximum Gasteiger partial charge on any atom is 0.115 e. The molecule has 4 heteroatoms. The summed E-state index contributed by atoms with van der Waals surface area (Å²) in [6, 6.07) is 96.0. The quantitative estimate of drug-likeness (QED) is 0.0598. The SMILES string of the molecule is CC(C)CC1CCCCC1.CC(C)CCc1ccc(-c2ccccc2)cc1.CC(C)CCc1ccc(O)cc1.CC(C)CCc1ccccc1.CC(C)Cc1c[nH]c2ccccc12.CC(C)Cc1ccc(-c2ccccc2)cc1.CC(C)Cc1ccc2ccccc2c1.CC(C)Cc1cccc2ccccc12.CC(C)Cc1cnc[nH]1. The number of aryl methyl sites for hydroxylation is 3. The summed E-state index contributed by atoms with van der Waals surface area (Å²) in [6.07, 6.45) is 27.8. The third-order valence-electron chi connectivity index (χ3n) is 20.6. The van der Waals surface area contributed by atoms with Gasteiger partial charge in [-0.3, -0.25) is 0 Å². The zero-order valence-corrected chi connectivity index (χ0v) is 74.9. The van der Waals surface area contributed by atoms with Crippen LogP contribution >= 0.6 is 0 Å². The van der Waals surface area contributed by atoms with Crippen LogP contribution in [0.25, 0.3) is 54.7 Å². The van der Waals surface area contributed by atoms with E-state index in [4.69, 9.17) is 5.11 Å². The van der Waals surface area contributed by atoms with E-state index in [9.17, 15) is 0 Å². The van der Waals surface area contributed by atoms with Crippen molar-refractivity contribution in [2.45, 2.75) is 234 Å².